The summed E-state index contributed by atoms with van der Waals surface area (Å²) in [6.45, 7) is 0. The molecule has 2 N–H and O–H groups in total. The first-order valence-electron chi connectivity index (χ1n) is 1.91. The maximum atomic E-state index is 2.89. The van der Waals surface area contributed by atoms with Crippen molar-refractivity contribution in [1.82, 2.24) is 0 Å². The third-order valence-electron chi connectivity index (χ3n) is 0.607. The Hall–Kier alpha value is 0.284. The van der Waals surface area contributed by atoms with E-state index in [0.717, 1.165) is 0 Å². The van der Waals surface area contributed by atoms with E-state index in [0.29, 0.717) is 0 Å². The predicted molar refractivity (Wildman–Crippen MR) is 30.6 cm³/mol. The first-order chi connectivity index (χ1) is 3.00. The third kappa shape index (κ3) is 4.44. The van der Waals surface area contributed by atoms with E-state index >= 15 is 0 Å². The molecule has 41 valence electrons. The van der Waals surface area contributed by atoms with Crippen LogP contribution < -0.4 is 0 Å². The van der Waals surface area contributed by atoms with Gasteiger partial charge in [-0.15, -0.1) is 0 Å². The molecule has 0 aliphatic heterocycles. The monoisotopic (exact) mass is 182 g/mol. The van der Waals surface area contributed by atoms with E-state index in [1.54, 1.807) is 0 Å². The summed E-state index contributed by atoms with van der Waals surface area (Å²) in [5, 5.41) is 0. The summed E-state index contributed by atoms with van der Waals surface area (Å²) in [7, 11) is 0. The minimum absolute atomic E-state index is 0. The second-order valence-electron chi connectivity index (χ2n) is 1.08. The van der Waals surface area contributed by atoms with Crippen molar-refractivity contribution in [2.75, 3.05) is 0 Å². The molecule has 0 spiro atoms. The molecule has 0 bridgehead atoms. The zero-order valence-electron chi connectivity index (χ0n) is 4.54. The summed E-state index contributed by atoms with van der Waals surface area (Å²) in [5.41, 5.74) is 0. The molecule has 0 saturated heterocycles. The normalized spacial score (nSPS) is 6.00. The van der Waals surface area contributed by atoms with Gasteiger partial charge in [0.15, 0.2) is 0 Å². The molecule has 0 heterocycles. The van der Waals surface area contributed by atoms with Crippen molar-refractivity contribution in [3.63, 3.8) is 0 Å². The molecule has 1 nitrogen and oxygen atoms in total. The summed E-state index contributed by atoms with van der Waals surface area (Å²) in [4.78, 5) is 0. The van der Waals surface area contributed by atoms with Crippen LogP contribution in [0.4, 0.5) is 0 Å². The average molecular weight is 182 g/mol. The Labute approximate surface area is 75.0 Å². The average Bonchev–Trinajstić information content (AvgIpc) is 1.72. The fourth-order valence-corrected chi connectivity index (χ4v) is 0.342. The molecular weight excluding hydrogens is 175 g/mol. The van der Waals surface area contributed by atoms with E-state index in [-0.39, 0.29) is 38.9 Å². The van der Waals surface area contributed by atoms with E-state index < -0.39 is 0 Å². The SMILES string of the molecule is [NH2-].[Y].[c-]1ccccc1. The maximum Gasteiger partial charge on any atom is 0 e. The van der Waals surface area contributed by atoms with Crippen LogP contribution in [0.3, 0.4) is 0 Å². The van der Waals surface area contributed by atoms with Gasteiger partial charge in [-0.25, -0.2) is 0 Å². The minimum atomic E-state index is 0. The van der Waals surface area contributed by atoms with Crippen molar-refractivity contribution in [2.45, 2.75) is 0 Å². The Morgan fingerprint density at radius 2 is 1.38 bits per heavy atom. The van der Waals surface area contributed by atoms with E-state index in [2.05, 4.69) is 6.07 Å². The van der Waals surface area contributed by atoms with Crippen molar-refractivity contribution < 1.29 is 32.7 Å². The molecule has 1 aromatic rings. The summed E-state index contributed by atoms with van der Waals surface area (Å²) in [6, 6.07) is 12.5. The number of hydrogen-bond acceptors (Lipinski definition) is 0. The van der Waals surface area contributed by atoms with Crippen LogP contribution in [0.1, 0.15) is 0 Å². The van der Waals surface area contributed by atoms with E-state index in [9.17, 15) is 0 Å². The van der Waals surface area contributed by atoms with Gasteiger partial charge in [0.2, 0.25) is 0 Å². The van der Waals surface area contributed by atoms with Gasteiger partial charge in [-0.05, 0) is 0 Å². The molecule has 2 heteroatoms. The fourth-order valence-electron chi connectivity index (χ4n) is 0.342. The molecule has 1 rings (SSSR count). The van der Waals surface area contributed by atoms with Gasteiger partial charge in [-0.3, -0.25) is 0 Å². The molecule has 0 saturated carbocycles. The first-order valence-corrected chi connectivity index (χ1v) is 1.91. The van der Waals surface area contributed by atoms with Gasteiger partial charge in [-0.2, -0.15) is 36.4 Å². The summed E-state index contributed by atoms with van der Waals surface area (Å²) in [6.07, 6.45) is 0. The summed E-state index contributed by atoms with van der Waals surface area (Å²) in [5.74, 6) is 0. The molecule has 0 amide bonds. The van der Waals surface area contributed by atoms with Crippen LogP contribution in [0.25, 0.3) is 6.15 Å². The van der Waals surface area contributed by atoms with Crippen molar-refractivity contribution >= 4 is 0 Å². The van der Waals surface area contributed by atoms with Gasteiger partial charge in [0.25, 0.3) is 0 Å². The fraction of sp³-hybridized carbons (Fsp3) is 0. The number of nitrogens with two attached hydrogens (primary N) is 1. The van der Waals surface area contributed by atoms with Crippen molar-refractivity contribution in [3.05, 3.63) is 42.5 Å². The molecule has 0 unspecified atom stereocenters. The molecule has 0 aliphatic carbocycles. The van der Waals surface area contributed by atoms with Crippen LogP contribution >= 0.6 is 0 Å². The number of rotatable bonds is 0. The second kappa shape index (κ2) is 7.28. The molecule has 0 fully saturated rings. The van der Waals surface area contributed by atoms with Crippen molar-refractivity contribution in [3.8, 4) is 0 Å². The predicted octanol–water partition coefficient (Wildman–Crippen LogP) is 2.20. The number of hydrogen-bond donors (Lipinski definition) is 0. The van der Waals surface area contributed by atoms with E-state index in [4.69, 9.17) is 0 Å². The molecule has 0 aromatic heterocycles. The third-order valence-corrected chi connectivity index (χ3v) is 0.607. The van der Waals surface area contributed by atoms with Gasteiger partial charge in [0.05, 0.1) is 0 Å². The Morgan fingerprint density at radius 3 is 1.50 bits per heavy atom. The Morgan fingerprint density at radius 1 is 0.875 bits per heavy atom. The van der Waals surface area contributed by atoms with E-state index in [1.165, 1.54) is 0 Å². The van der Waals surface area contributed by atoms with Crippen LogP contribution in [0.2, 0.25) is 0 Å². The van der Waals surface area contributed by atoms with Crippen LogP contribution in [-0.4, -0.2) is 0 Å². The maximum absolute atomic E-state index is 2.89. The first kappa shape index (κ1) is 11.1. The Balaban J connectivity index is 0. The Kier molecular flexibility index (Phi) is 10.1. The zero-order chi connectivity index (χ0) is 4.24. The van der Waals surface area contributed by atoms with E-state index in [1.807, 2.05) is 30.3 Å². The minimum Gasteiger partial charge on any atom is -0.693 e. The summed E-state index contributed by atoms with van der Waals surface area (Å²) >= 11 is 0. The quantitative estimate of drug-likeness (QED) is 0.551. The smallest absolute Gasteiger partial charge is 0 e. The second-order valence-corrected chi connectivity index (χ2v) is 1.08. The molecule has 8 heavy (non-hydrogen) atoms. The number of benzene rings is 1. The van der Waals surface area contributed by atoms with Crippen LogP contribution in [0.15, 0.2) is 30.3 Å². The van der Waals surface area contributed by atoms with Gasteiger partial charge < -0.3 is 6.15 Å². The Bertz CT molecular complexity index is 80.5. The van der Waals surface area contributed by atoms with Gasteiger partial charge >= 0.3 is 0 Å². The molecule has 1 aromatic carbocycles. The van der Waals surface area contributed by atoms with Crippen molar-refractivity contribution in [2.24, 2.45) is 0 Å². The summed E-state index contributed by atoms with van der Waals surface area (Å²) < 4.78 is 0. The molecule has 0 atom stereocenters. The van der Waals surface area contributed by atoms with Gasteiger partial charge in [-0.1, -0.05) is 0 Å². The molecular formula is C6H7NY-2. The zero-order valence-corrected chi connectivity index (χ0v) is 7.38. The van der Waals surface area contributed by atoms with Crippen LogP contribution in [0.5, 0.6) is 0 Å². The van der Waals surface area contributed by atoms with Gasteiger partial charge in [0, 0.05) is 32.7 Å². The van der Waals surface area contributed by atoms with Gasteiger partial charge in [0.1, 0.15) is 0 Å². The van der Waals surface area contributed by atoms with Crippen molar-refractivity contribution in [1.29, 1.82) is 0 Å². The molecule has 0 aliphatic rings. The standard InChI is InChI=1S/C6H5.H2N.Y/c1-2-4-6-5-3-1;;/h1-5H;1H2;/q2*-1;. The van der Waals surface area contributed by atoms with Crippen LogP contribution in [-0.2, 0) is 32.7 Å². The molecule has 1 radical (unpaired) electrons. The largest absolute Gasteiger partial charge is 0.693 e. The van der Waals surface area contributed by atoms with Crippen LogP contribution in [0, 0.1) is 6.07 Å². The topological polar surface area (TPSA) is 33.5 Å².